The SMILES string of the molecule is CC.CC.CC(C1CC1)N1C[C@@H]2CN(C)C[C@]2(C)C1.CCN1C[C@H]2CN(C)C[C@H]2C1. The fourth-order valence-corrected chi connectivity index (χ4v) is 6.45. The molecular formula is C26H54N4. The van der Waals surface area contributed by atoms with Crippen LogP contribution in [0.5, 0.6) is 0 Å². The van der Waals surface area contributed by atoms with Gasteiger partial charge in [0.15, 0.2) is 0 Å². The second-order valence-corrected chi connectivity index (χ2v) is 10.6. The summed E-state index contributed by atoms with van der Waals surface area (Å²) in [5.41, 5.74) is 0.595. The Labute approximate surface area is 189 Å². The number of rotatable bonds is 3. The zero-order chi connectivity index (χ0) is 22.5. The van der Waals surface area contributed by atoms with E-state index in [1.165, 1.54) is 71.7 Å². The number of nitrogens with zero attached hydrogens (tertiary/aromatic N) is 4. The Balaban J connectivity index is 0.000000190. The van der Waals surface area contributed by atoms with Gasteiger partial charge in [-0.1, -0.05) is 41.5 Å². The molecule has 0 bridgehead atoms. The standard InChI is InChI=1S/C13H24N2.C9H18N2.2C2H6/c1-10(11-4-5-11)15-7-12-6-14(3)8-13(12,2)9-15;1-3-11-6-8-4-10(2)5-9(8)7-11;2*1-2/h10-12H,4-9H2,1-3H3;8-9H,3-7H2,1-2H3;2*1-2H3/t10?,12-,13+;8-,9+;;/m0.../s1. The van der Waals surface area contributed by atoms with E-state index in [-0.39, 0.29) is 0 Å². The zero-order valence-corrected chi connectivity index (χ0v) is 22.0. The Kier molecular flexibility index (Phi) is 10.1. The van der Waals surface area contributed by atoms with Gasteiger partial charge < -0.3 is 14.7 Å². The van der Waals surface area contributed by atoms with Gasteiger partial charge in [-0.2, -0.15) is 0 Å². The molecule has 5 atom stereocenters. The molecule has 1 unspecified atom stereocenters. The molecule has 0 spiro atoms. The summed E-state index contributed by atoms with van der Waals surface area (Å²) >= 11 is 0. The molecule has 0 amide bonds. The smallest absolute Gasteiger partial charge is 0.00955 e. The summed E-state index contributed by atoms with van der Waals surface area (Å²) in [5.74, 6) is 3.94. The largest absolute Gasteiger partial charge is 0.306 e. The van der Waals surface area contributed by atoms with Crippen LogP contribution in [0.25, 0.3) is 0 Å². The summed E-state index contributed by atoms with van der Waals surface area (Å²) in [4.78, 5) is 10.4. The van der Waals surface area contributed by atoms with Crippen molar-refractivity contribution >= 4 is 0 Å². The third kappa shape index (κ3) is 6.21. The molecule has 178 valence electrons. The van der Waals surface area contributed by atoms with Crippen LogP contribution < -0.4 is 0 Å². The van der Waals surface area contributed by atoms with Crippen molar-refractivity contribution in [3.05, 3.63) is 0 Å². The van der Waals surface area contributed by atoms with Crippen molar-refractivity contribution in [1.29, 1.82) is 0 Å². The molecule has 4 saturated heterocycles. The van der Waals surface area contributed by atoms with Crippen LogP contribution in [0.2, 0.25) is 0 Å². The van der Waals surface area contributed by atoms with E-state index in [1.54, 1.807) is 0 Å². The van der Waals surface area contributed by atoms with Gasteiger partial charge >= 0.3 is 0 Å². The highest BCUT2D eigenvalue weighted by Gasteiger charge is 2.50. The molecule has 0 radical (unpaired) electrons. The van der Waals surface area contributed by atoms with Crippen molar-refractivity contribution in [2.75, 3.05) is 73.0 Å². The third-order valence-electron chi connectivity index (χ3n) is 8.24. The average Bonchev–Trinajstić information content (AvgIpc) is 3.22. The average molecular weight is 423 g/mol. The lowest BCUT2D eigenvalue weighted by Crippen LogP contribution is -2.37. The van der Waals surface area contributed by atoms with Crippen molar-refractivity contribution < 1.29 is 0 Å². The van der Waals surface area contributed by atoms with E-state index in [0.717, 1.165) is 29.7 Å². The number of likely N-dealkylation sites (tertiary alicyclic amines) is 4. The molecule has 0 aromatic rings. The first kappa shape index (κ1) is 26.1. The van der Waals surface area contributed by atoms with E-state index in [4.69, 9.17) is 0 Å². The van der Waals surface area contributed by atoms with Crippen LogP contribution in [0.3, 0.4) is 0 Å². The van der Waals surface area contributed by atoms with Crippen LogP contribution in [0.4, 0.5) is 0 Å². The molecule has 1 saturated carbocycles. The van der Waals surface area contributed by atoms with Crippen LogP contribution in [0, 0.1) is 29.1 Å². The minimum atomic E-state index is 0.595. The first-order valence-corrected chi connectivity index (χ1v) is 13.2. The van der Waals surface area contributed by atoms with E-state index in [1.807, 2.05) is 27.7 Å². The van der Waals surface area contributed by atoms with E-state index >= 15 is 0 Å². The molecule has 5 aliphatic rings. The molecule has 4 nitrogen and oxygen atoms in total. The predicted molar refractivity (Wildman–Crippen MR) is 132 cm³/mol. The monoisotopic (exact) mass is 422 g/mol. The van der Waals surface area contributed by atoms with Crippen LogP contribution in [0.15, 0.2) is 0 Å². The van der Waals surface area contributed by atoms with Gasteiger partial charge in [-0.05, 0) is 69.5 Å². The third-order valence-corrected chi connectivity index (χ3v) is 8.24. The van der Waals surface area contributed by atoms with Crippen LogP contribution >= 0.6 is 0 Å². The molecular weight excluding hydrogens is 368 g/mol. The van der Waals surface area contributed by atoms with Crippen molar-refractivity contribution in [2.24, 2.45) is 29.1 Å². The summed E-state index contributed by atoms with van der Waals surface area (Å²) < 4.78 is 0. The summed E-state index contributed by atoms with van der Waals surface area (Å²) in [6.45, 7) is 27.2. The Morgan fingerprint density at radius 1 is 0.800 bits per heavy atom. The quantitative estimate of drug-likeness (QED) is 0.675. The highest BCUT2D eigenvalue weighted by atomic mass is 15.3. The molecule has 1 aliphatic carbocycles. The van der Waals surface area contributed by atoms with E-state index < -0.39 is 0 Å². The van der Waals surface area contributed by atoms with Crippen molar-refractivity contribution in [1.82, 2.24) is 19.6 Å². The Hall–Kier alpha value is -0.160. The van der Waals surface area contributed by atoms with E-state index in [0.29, 0.717) is 5.41 Å². The second-order valence-electron chi connectivity index (χ2n) is 10.6. The van der Waals surface area contributed by atoms with Gasteiger partial charge in [0.2, 0.25) is 0 Å². The minimum Gasteiger partial charge on any atom is -0.306 e. The first-order chi connectivity index (χ1) is 14.4. The predicted octanol–water partition coefficient (Wildman–Crippen LogP) is 4.22. The van der Waals surface area contributed by atoms with Crippen molar-refractivity contribution in [2.45, 2.75) is 67.3 Å². The van der Waals surface area contributed by atoms with E-state index in [9.17, 15) is 0 Å². The molecule has 4 heterocycles. The molecule has 4 aliphatic heterocycles. The molecule has 5 fully saturated rings. The summed E-state index contributed by atoms with van der Waals surface area (Å²) in [6, 6.07) is 0.859. The summed E-state index contributed by atoms with van der Waals surface area (Å²) in [6.07, 6.45) is 2.97. The first-order valence-electron chi connectivity index (χ1n) is 13.2. The highest BCUT2D eigenvalue weighted by Crippen LogP contribution is 2.45. The molecule has 0 aromatic carbocycles. The molecule has 0 aromatic heterocycles. The van der Waals surface area contributed by atoms with Gasteiger partial charge in [-0.3, -0.25) is 4.90 Å². The van der Waals surface area contributed by atoms with E-state index in [2.05, 4.69) is 54.5 Å². The highest BCUT2D eigenvalue weighted by molar-refractivity contribution is 5.03. The van der Waals surface area contributed by atoms with Crippen molar-refractivity contribution in [3.8, 4) is 0 Å². The van der Waals surface area contributed by atoms with Crippen LogP contribution in [-0.2, 0) is 0 Å². The summed E-state index contributed by atoms with van der Waals surface area (Å²) in [7, 11) is 4.52. The molecule has 4 heteroatoms. The van der Waals surface area contributed by atoms with Gasteiger partial charge in [0.1, 0.15) is 0 Å². The molecule has 5 rings (SSSR count). The fraction of sp³-hybridized carbons (Fsp3) is 1.00. The lowest BCUT2D eigenvalue weighted by atomic mass is 9.83. The van der Waals surface area contributed by atoms with Gasteiger partial charge in [-0.15, -0.1) is 0 Å². The molecule has 0 N–H and O–H groups in total. The number of fused-ring (bicyclic) bond motifs is 2. The maximum absolute atomic E-state index is 2.77. The van der Waals surface area contributed by atoms with Crippen LogP contribution in [0.1, 0.15) is 61.3 Å². The van der Waals surface area contributed by atoms with Crippen LogP contribution in [-0.4, -0.2) is 98.6 Å². The topological polar surface area (TPSA) is 13.0 Å². The van der Waals surface area contributed by atoms with Gasteiger partial charge in [-0.25, -0.2) is 0 Å². The Morgan fingerprint density at radius 3 is 1.83 bits per heavy atom. The lowest BCUT2D eigenvalue weighted by molar-refractivity contribution is 0.187. The second kappa shape index (κ2) is 11.6. The van der Waals surface area contributed by atoms with Gasteiger partial charge in [0, 0.05) is 58.4 Å². The summed E-state index contributed by atoms with van der Waals surface area (Å²) in [5, 5.41) is 0. The number of hydrogen-bond donors (Lipinski definition) is 0. The molecule has 30 heavy (non-hydrogen) atoms. The maximum Gasteiger partial charge on any atom is 0.00955 e. The maximum atomic E-state index is 2.77. The Morgan fingerprint density at radius 2 is 1.37 bits per heavy atom. The lowest BCUT2D eigenvalue weighted by Gasteiger charge is -2.28. The zero-order valence-electron chi connectivity index (χ0n) is 22.0. The minimum absolute atomic E-state index is 0.595. The van der Waals surface area contributed by atoms with Gasteiger partial charge in [0.05, 0.1) is 0 Å². The van der Waals surface area contributed by atoms with Crippen molar-refractivity contribution in [3.63, 3.8) is 0 Å². The van der Waals surface area contributed by atoms with Gasteiger partial charge in [0.25, 0.3) is 0 Å². The Bertz CT molecular complexity index is 479. The number of hydrogen-bond acceptors (Lipinski definition) is 4. The fourth-order valence-electron chi connectivity index (χ4n) is 6.45. The normalized spacial score (nSPS) is 37.3.